The van der Waals surface area contributed by atoms with Crippen LogP contribution in [-0.4, -0.2) is 19.6 Å². The Morgan fingerprint density at radius 2 is 1.56 bits per heavy atom. The summed E-state index contributed by atoms with van der Waals surface area (Å²) >= 11 is 0. The van der Waals surface area contributed by atoms with Crippen molar-refractivity contribution in [2.75, 3.05) is 6.61 Å². The minimum atomic E-state index is -4.24. The van der Waals surface area contributed by atoms with Gasteiger partial charge in [0.05, 0.1) is 6.61 Å². The number of rotatable bonds is 12. The smallest absolute Gasteiger partial charge is 0.328 e. The van der Waals surface area contributed by atoms with Crippen molar-refractivity contribution in [2.45, 2.75) is 64.7 Å². The van der Waals surface area contributed by atoms with Gasteiger partial charge in [0.2, 0.25) is 0 Å². The molecular weight excluding hydrogens is 263 g/mol. The van der Waals surface area contributed by atoms with E-state index >= 15 is 0 Å². The molecule has 0 aliphatic heterocycles. The largest absolute Gasteiger partial charge is 1.00 e. The average Bonchev–Trinajstić information content (AvgIpc) is 2.24. The summed E-state index contributed by atoms with van der Waals surface area (Å²) in [5, 5.41) is 0. The maximum Gasteiger partial charge on any atom is 1.00 e. The number of unbranched alkanes of at least 4 members (excludes halogenated alkanes) is 9. The van der Waals surface area contributed by atoms with Crippen molar-refractivity contribution in [2.24, 2.45) is 0 Å². The van der Waals surface area contributed by atoms with Crippen molar-refractivity contribution >= 4 is 10.4 Å². The van der Waals surface area contributed by atoms with Gasteiger partial charge in [-0.15, -0.1) is 0 Å². The molecule has 0 rings (SSSR count). The van der Waals surface area contributed by atoms with Gasteiger partial charge in [-0.05, 0) is 6.42 Å². The fourth-order valence-corrected chi connectivity index (χ4v) is 1.92. The van der Waals surface area contributed by atoms with Crippen LogP contribution in [0, 0.1) is 6.42 Å². The van der Waals surface area contributed by atoms with Gasteiger partial charge >= 0.3 is 40.0 Å². The Kier molecular flexibility index (Phi) is 16.8. The summed E-state index contributed by atoms with van der Waals surface area (Å²) in [5.41, 5.74) is 0. The molecule has 4 nitrogen and oxygen atoms in total. The predicted molar refractivity (Wildman–Crippen MR) is 69.0 cm³/mol. The number of hydrogen-bond acceptors (Lipinski definition) is 3. The maximum atomic E-state index is 10.2. The first-order valence-electron chi connectivity index (χ1n) is 6.49. The minimum absolute atomic E-state index is 0. The second-order valence-electron chi connectivity index (χ2n) is 4.24. The molecular formula is C12H25NaO4S. The van der Waals surface area contributed by atoms with Gasteiger partial charge in [0.15, 0.2) is 0 Å². The molecule has 0 saturated carbocycles. The molecule has 0 radical (unpaired) electrons. The summed E-state index contributed by atoms with van der Waals surface area (Å²) < 4.78 is 33.0. The summed E-state index contributed by atoms with van der Waals surface area (Å²) in [7, 11) is -4.24. The molecule has 0 aromatic heterocycles. The van der Waals surface area contributed by atoms with Gasteiger partial charge in [-0.25, -0.2) is 4.18 Å². The van der Waals surface area contributed by atoms with Crippen LogP contribution >= 0.6 is 0 Å². The molecule has 6 heteroatoms. The van der Waals surface area contributed by atoms with Crippen LogP contribution in [-0.2, 0) is 14.6 Å². The van der Waals surface area contributed by atoms with E-state index < -0.39 is 10.4 Å². The molecule has 0 aromatic rings. The first-order valence-corrected chi connectivity index (χ1v) is 7.86. The van der Waals surface area contributed by atoms with E-state index in [1.54, 1.807) is 0 Å². The zero-order valence-electron chi connectivity index (χ0n) is 11.7. The van der Waals surface area contributed by atoms with E-state index in [9.17, 15) is 8.42 Å². The molecule has 0 spiro atoms. The van der Waals surface area contributed by atoms with Crippen molar-refractivity contribution in [3.8, 4) is 0 Å². The van der Waals surface area contributed by atoms with Crippen LogP contribution in [0.4, 0.5) is 0 Å². The third-order valence-corrected chi connectivity index (χ3v) is 3.01. The summed E-state index contributed by atoms with van der Waals surface area (Å²) in [6.45, 7) is 2.28. The van der Waals surface area contributed by atoms with Gasteiger partial charge in [-0.3, -0.25) is 4.55 Å². The first-order chi connectivity index (χ1) is 8.06. The van der Waals surface area contributed by atoms with E-state index in [0.717, 1.165) is 19.3 Å². The SMILES string of the molecule is CCCCCCC[CH-]CCCCOS(=O)(=O)O.[Na+]. The summed E-state index contributed by atoms with van der Waals surface area (Å²) in [5.74, 6) is 0. The monoisotopic (exact) mass is 288 g/mol. The third-order valence-electron chi connectivity index (χ3n) is 2.55. The van der Waals surface area contributed by atoms with Crippen LogP contribution in [0.5, 0.6) is 0 Å². The Morgan fingerprint density at radius 3 is 2.11 bits per heavy atom. The van der Waals surface area contributed by atoms with Crippen molar-refractivity contribution in [3.05, 3.63) is 6.42 Å². The third kappa shape index (κ3) is 19.2. The normalized spacial score (nSPS) is 11.2. The van der Waals surface area contributed by atoms with E-state index in [1.165, 1.54) is 32.1 Å². The predicted octanol–water partition coefficient (Wildman–Crippen LogP) is 0.545. The Labute approximate surface area is 134 Å². The van der Waals surface area contributed by atoms with Gasteiger partial charge in [0.25, 0.3) is 0 Å². The zero-order chi connectivity index (χ0) is 13.0. The van der Waals surface area contributed by atoms with Crippen LogP contribution < -0.4 is 29.6 Å². The molecule has 0 aromatic carbocycles. The standard InChI is InChI=1S/C12H25O4S.Na/c1-2-3-4-5-6-7-8-9-10-11-12-16-17(13,14)15;/h8H,2-7,9-12H2,1H3,(H,13,14,15);/q-1;+1. The fourth-order valence-electron chi connectivity index (χ4n) is 1.59. The quantitative estimate of drug-likeness (QED) is 0.246. The molecule has 0 bridgehead atoms. The maximum absolute atomic E-state index is 10.2. The Hall–Kier alpha value is 0.870. The van der Waals surface area contributed by atoms with E-state index in [4.69, 9.17) is 4.55 Å². The van der Waals surface area contributed by atoms with Crippen molar-refractivity contribution in [1.82, 2.24) is 0 Å². The fraction of sp³-hybridized carbons (Fsp3) is 0.917. The molecule has 0 heterocycles. The van der Waals surface area contributed by atoms with E-state index in [0.29, 0.717) is 6.42 Å². The molecule has 0 fully saturated rings. The second-order valence-corrected chi connectivity index (χ2v) is 5.33. The number of hydrogen-bond donors (Lipinski definition) is 1. The van der Waals surface area contributed by atoms with Crippen molar-refractivity contribution < 1.29 is 46.7 Å². The Balaban J connectivity index is 0. The van der Waals surface area contributed by atoms with Gasteiger partial charge in [-0.1, -0.05) is 45.4 Å². The van der Waals surface area contributed by atoms with Gasteiger partial charge in [0.1, 0.15) is 0 Å². The summed E-state index contributed by atoms with van der Waals surface area (Å²) in [6, 6.07) is 0. The second kappa shape index (κ2) is 14.3. The van der Waals surface area contributed by atoms with E-state index in [1.807, 2.05) is 0 Å². The van der Waals surface area contributed by atoms with Crippen LogP contribution in [0.25, 0.3) is 0 Å². The van der Waals surface area contributed by atoms with Gasteiger partial charge in [-0.2, -0.15) is 21.3 Å². The Bertz CT molecular complexity index is 255. The van der Waals surface area contributed by atoms with Crippen molar-refractivity contribution in [3.63, 3.8) is 0 Å². The summed E-state index contributed by atoms with van der Waals surface area (Å²) in [4.78, 5) is 0. The zero-order valence-corrected chi connectivity index (χ0v) is 14.5. The molecule has 1 N–H and O–H groups in total. The Morgan fingerprint density at radius 1 is 1.00 bits per heavy atom. The molecule has 18 heavy (non-hydrogen) atoms. The first kappa shape index (κ1) is 21.2. The summed E-state index contributed by atoms with van der Waals surface area (Å²) in [6.07, 6.45) is 12.4. The molecule has 104 valence electrons. The molecule has 0 amide bonds. The molecule has 0 saturated heterocycles. The van der Waals surface area contributed by atoms with E-state index in [-0.39, 0.29) is 36.2 Å². The topological polar surface area (TPSA) is 63.6 Å². The average molecular weight is 288 g/mol. The molecule has 0 aliphatic carbocycles. The van der Waals surface area contributed by atoms with Crippen molar-refractivity contribution in [1.29, 1.82) is 0 Å². The van der Waals surface area contributed by atoms with Crippen LogP contribution in [0.3, 0.4) is 0 Å². The van der Waals surface area contributed by atoms with Gasteiger partial charge in [0, 0.05) is 0 Å². The van der Waals surface area contributed by atoms with Crippen LogP contribution in [0.2, 0.25) is 0 Å². The molecule has 0 aliphatic rings. The van der Waals surface area contributed by atoms with E-state index in [2.05, 4.69) is 17.5 Å². The molecule has 0 atom stereocenters. The molecule has 0 unspecified atom stereocenters. The van der Waals surface area contributed by atoms with Crippen LogP contribution in [0.15, 0.2) is 0 Å². The van der Waals surface area contributed by atoms with Gasteiger partial charge < -0.3 is 6.42 Å². The van der Waals surface area contributed by atoms with Crippen LogP contribution in [0.1, 0.15) is 64.7 Å². The minimum Gasteiger partial charge on any atom is -0.328 e.